The molecule has 0 spiro atoms. The van der Waals surface area contributed by atoms with Crippen LogP contribution in [0.15, 0.2) is 24.3 Å². The number of ether oxygens (including phenoxy) is 1. The molecule has 2 aliphatic heterocycles. The highest BCUT2D eigenvalue weighted by molar-refractivity contribution is 5.81. The summed E-state index contributed by atoms with van der Waals surface area (Å²) in [6.45, 7) is 1.79. The molecule has 16 heavy (non-hydrogen) atoms. The van der Waals surface area contributed by atoms with Crippen LogP contribution in [0.2, 0.25) is 0 Å². The minimum atomic E-state index is 0.361. The van der Waals surface area contributed by atoms with Crippen LogP contribution in [0.4, 0.5) is 0 Å². The van der Waals surface area contributed by atoms with Gasteiger partial charge in [-0.3, -0.25) is 5.41 Å². The van der Waals surface area contributed by atoms with E-state index < -0.39 is 0 Å². The van der Waals surface area contributed by atoms with Gasteiger partial charge in [-0.25, -0.2) is 0 Å². The van der Waals surface area contributed by atoms with Crippen molar-refractivity contribution >= 4 is 5.84 Å². The number of amidine groups is 1. The zero-order valence-electron chi connectivity index (χ0n) is 9.28. The topological polar surface area (TPSA) is 36.3 Å². The van der Waals surface area contributed by atoms with Gasteiger partial charge in [-0.05, 0) is 12.5 Å². The molecule has 2 heterocycles. The molecule has 1 aromatic rings. The summed E-state index contributed by atoms with van der Waals surface area (Å²) in [6.07, 6.45) is 3.05. The number of fused-ring (bicyclic) bond motifs is 1. The Morgan fingerprint density at radius 1 is 1.31 bits per heavy atom. The summed E-state index contributed by atoms with van der Waals surface area (Å²) in [4.78, 5) is 2.24. The van der Waals surface area contributed by atoms with Crippen molar-refractivity contribution < 1.29 is 4.74 Å². The number of para-hydroxylation sites is 1. The average Bonchev–Trinajstić information content (AvgIpc) is 2.75. The van der Waals surface area contributed by atoms with E-state index >= 15 is 0 Å². The Bertz CT molecular complexity index is 416. The van der Waals surface area contributed by atoms with E-state index in [-0.39, 0.29) is 0 Å². The van der Waals surface area contributed by atoms with Crippen LogP contribution in [0.3, 0.4) is 0 Å². The second kappa shape index (κ2) is 3.81. The van der Waals surface area contributed by atoms with Crippen molar-refractivity contribution in [3.8, 4) is 5.75 Å². The number of nitrogens with one attached hydrogen (secondary N) is 1. The predicted molar refractivity (Wildman–Crippen MR) is 63.0 cm³/mol. The third kappa shape index (κ3) is 1.47. The first-order chi connectivity index (χ1) is 7.86. The number of hydrogen-bond acceptors (Lipinski definition) is 2. The van der Waals surface area contributed by atoms with E-state index in [1.54, 1.807) is 0 Å². The van der Waals surface area contributed by atoms with E-state index in [0.29, 0.717) is 6.04 Å². The van der Waals surface area contributed by atoms with E-state index in [4.69, 9.17) is 10.1 Å². The molecule has 0 saturated carbocycles. The summed E-state index contributed by atoms with van der Waals surface area (Å²) in [5, 5.41) is 7.97. The lowest BCUT2D eigenvalue weighted by Crippen LogP contribution is -2.32. The zero-order chi connectivity index (χ0) is 11.0. The Balaban J connectivity index is 1.95. The monoisotopic (exact) mass is 216 g/mol. The molecule has 1 aromatic carbocycles. The number of likely N-dealkylation sites (tertiary alicyclic amines) is 1. The van der Waals surface area contributed by atoms with Gasteiger partial charge in [0.15, 0.2) is 0 Å². The molecule has 3 nitrogen and oxygen atoms in total. The molecule has 1 N–H and O–H groups in total. The average molecular weight is 216 g/mol. The highest BCUT2D eigenvalue weighted by Gasteiger charge is 2.30. The predicted octanol–water partition coefficient (Wildman–Crippen LogP) is 2.58. The smallest absolute Gasteiger partial charge is 0.124 e. The summed E-state index contributed by atoms with van der Waals surface area (Å²) in [7, 11) is 0. The fourth-order valence-corrected chi connectivity index (χ4v) is 2.69. The van der Waals surface area contributed by atoms with Gasteiger partial charge in [-0.2, -0.15) is 0 Å². The van der Waals surface area contributed by atoms with Crippen LogP contribution in [-0.2, 0) is 0 Å². The van der Waals surface area contributed by atoms with Crippen LogP contribution in [0, 0.1) is 5.41 Å². The summed E-state index contributed by atoms with van der Waals surface area (Å²) in [6, 6.07) is 8.59. The first-order valence-electron chi connectivity index (χ1n) is 5.92. The Morgan fingerprint density at radius 3 is 3.00 bits per heavy atom. The van der Waals surface area contributed by atoms with Crippen LogP contribution in [-0.4, -0.2) is 23.9 Å². The molecule has 3 heteroatoms. The normalized spacial score (nSPS) is 24.1. The zero-order valence-corrected chi connectivity index (χ0v) is 9.28. The van der Waals surface area contributed by atoms with Crippen molar-refractivity contribution in [2.75, 3.05) is 13.2 Å². The van der Waals surface area contributed by atoms with E-state index in [9.17, 15) is 0 Å². The Morgan fingerprint density at radius 2 is 2.19 bits per heavy atom. The molecule has 1 saturated heterocycles. The molecule has 1 atom stereocenters. The molecule has 0 aromatic heterocycles. The highest BCUT2D eigenvalue weighted by Crippen LogP contribution is 2.37. The Hall–Kier alpha value is -1.51. The molecule has 2 aliphatic rings. The minimum Gasteiger partial charge on any atom is -0.493 e. The quantitative estimate of drug-likeness (QED) is 0.783. The van der Waals surface area contributed by atoms with Crippen LogP contribution in [0.25, 0.3) is 0 Å². The van der Waals surface area contributed by atoms with E-state index in [2.05, 4.69) is 17.0 Å². The van der Waals surface area contributed by atoms with E-state index in [1.165, 1.54) is 5.56 Å². The minimum absolute atomic E-state index is 0.361. The Labute approximate surface area is 95.5 Å². The second-order valence-electron chi connectivity index (χ2n) is 4.43. The van der Waals surface area contributed by atoms with Gasteiger partial charge < -0.3 is 9.64 Å². The maximum absolute atomic E-state index is 7.97. The lowest BCUT2D eigenvalue weighted by atomic mass is 9.99. The first-order valence-corrected chi connectivity index (χ1v) is 5.92. The molecule has 84 valence electrons. The van der Waals surface area contributed by atoms with E-state index in [0.717, 1.165) is 44.0 Å². The van der Waals surface area contributed by atoms with Gasteiger partial charge in [0.2, 0.25) is 0 Å². The third-order valence-electron chi connectivity index (χ3n) is 3.46. The maximum atomic E-state index is 7.97. The molecular formula is C13H16N2O. The maximum Gasteiger partial charge on any atom is 0.124 e. The van der Waals surface area contributed by atoms with E-state index in [1.807, 2.05) is 12.1 Å². The SMILES string of the molecule is N=C1CCCN1C1CCOc2ccccc21. The lowest BCUT2D eigenvalue weighted by Gasteiger charge is -2.34. The highest BCUT2D eigenvalue weighted by atomic mass is 16.5. The Kier molecular flexibility index (Phi) is 2.31. The largest absolute Gasteiger partial charge is 0.493 e. The van der Waals surface area contributed by atoms with Crippen molar-refractivity contribution in [1.29, 1.82) is 5.41 Å². The van der Waals surface area contributed by atoms with Crippen LogP contribution < -0.4 is 4.74 Å². The van der Waals surface area contributed by atoms with Crippen LogP contribution in [0.1, 0.15) is 30.9 Å². The molecule has 1 unspecified atom stereocenters. The molecule has 0 aliphatic carbocycles. The standard InChI is InChI=1S/C13H16N2O/c14-13-6-3-8-15(13)11-7-9-16-12-5-2-1-4-10(11)12/h1-2,4-5,11,14H,3,6-9H2. The van der Waals surface area contributed by atoms with Crippen molar-refractivity contribution in [2.24, 2.45) is 0 Å². The summed E-state index contributed by atoms with van der Waals surface area (Å²) in [5.74, 6) is 1.79. The van der Waals surface area contributed by atoms with Gasteiger partial charge in [0.1, 0.15) is 5.75 Å². The molecule has 0 bridgehead atoms. The summed E-state index contributed by atoms with van der Waals surface area (Å²) < 4.78 is 5.65. The first kappa shape index (κ1) is 9.70. The van der Waals surface area contributed by atoms with Crippen molar-refractivity contribution in [3.63, 3.8) is 0 Å². The van der Waals surface area contributed by atoms with Gasteiger partial charge >= 0.3 is 0 Å². The fraction of sp³-hybridized carbons (Fsp3) is 0.462. The molecule has 0 radical (unpaired) electrons. The van der Waals surface area contributed by atoms with Crippen molar-refractivity contribution in [2.45, 2.75) is 25.3 Å². The van der Waals surface area contributed by atoms with Crippen molar-refractivity contribution in [1.82, 2.24) is 4.90 Å². The number of hydrogen-bond donors (Lipinski definition) is 1. The van der Waals surface area contributed by atoms with Gasteiger partial charge in [-0.15, -0.1) is 0 Å². The number of rotatable bonds is 1. The molecule has 3 rings (SSSR count). The lowest BCUT2D eigenvalue weighted by molar-refractivity contribution is 0.206. The molecule has 1 fully saturated rings. The summed E-state index contributed by atoms with van der Waals surface area (Å²) >= 11 is 0. The third-order valence-corrected chi connectivity index (χ3v) is 3.46. The van der Waals surface area contributed by atoms with Gasteiger partial charge in [0.05, 0.1) is 18.5 Å². The van der Waals surface area contributed by atoms with Gasteiger partial charge in [0.25, 0.3) is 0 Å². The molecular weight excluding hydrogens is 200 g/mol. The van der Waals surface area contributed by atoms with Gasteiger partial charge in [-0.1, -0.05) is 18.2 Å². The van der Waals surface area contributed by atoms with Gasteiger partial charge in [0, 0.05) is 24.9 Å². The fourth-order valence-electron chi connectivity index (χ4n) is 2.69. The van der Waals surface area contributed by atoms with Crippen molar-refractivity contribution in [3.05, 3.63) is 29.8 Å². The summed E-state index contributed by atoms with van der Waals surface area (Å²) in [5.41, 5.74) is 1.25. The van der Waals surface area contributed by atoms with Crippen LogP contribution in [0.5, 0.6) is 5.75 Å². The number of nitrogens with zero attached hydrogens (tertiary/aromatic N) is 1. The molecule has 0 amide bonds. The second-order valence-corrected chi connectivity index (χ2v) is 4.43. The number of benzene rings is 1. The van der Waals surface area contributed by atoms with Crippen LogP contribution >= 0.6 is 0 Å².